The minimum absolute atomic E-state index is 0.0946. The van der Waals surface area contributed by atoms with E-state index >= 15 is 0 Å². The fourth-order valence-corrected chi connectivity index (χ4v) is 1.38. The third-order valence-electron chi connectivity index (χ3n) is 1.54. The fraction of sp³-hybridized carbons (Fsp3) is 0.286. The highest BCUT2D eigenvalue weighted by Gasteiger charge is 2.14. The van der Waals surface area contributed by atoms with Crippen LogP contribution in [0.25, 0.3) is 0 Å². The second-order valence-electron chi connectivity index (χ2n) is 2.41. The zero-order valence-corrected chi connectivity index (χ0v) is 8.18. The van der Waals surface area contributed by atoms with Gasteiger partial charge < -0.3 is 11.5 Å². The number of aromatic nitrogens is 1. The van der Waals surface area contributed by atoms with E-state index in [-0.39, 0.29) is 22.4 Å². The van der Waals surface area contributed by atoms with Gasteiger partial charge in [0.05, 0.1) is 16.9 Å². The van der Waals surface area contributed by atoms with E-state index in [1.165, 1.54) is 6.07 Å². The van der Waals surface area contributed by atoms with Crippen molar-refractivity contribution in [1.29, 1.82) is 0 Å². The smallest absolute Gasteiger partial charge is 0.266 e. The standard InChI is InChI=1S/C7H8BrF2N3/c8-6-3(7(9)10)1-4(12)5(2-11)13-6/h1,7H,2,11-12H2. The molecule has 0 bridgehead atoms. The molecule has 1 aromatic heterocycles. The summed E-state index contributed by atoms with van der Waals surface area (Å²) in [6.07, 6.45) is -2.59. The van der Waals surface area contributed by atoms with Gasteiger partial charge in [0.25, 0.3) is 6.43 Å². The van der Waals surface area contributed by atoms with Crippen LogP contribution in [0.2, 0.25) is 0 Å². The maximum Gasteiger partial charge on any atom is 0.266 e. The van der Waals surface area contributed by atoms with Crippen molar-refractivity contribution in [2.24, 2.45) is 5.73 Å². The number of nitrogen functional groups attached to an aromatic ring is 1. The van der Waals surface area contributed by atoms with Gasteiger partial charge in [-0.2, -0.15) is 0 Å². The third-order valence-corrected chi connectivity index (χ3v) is 2.18. The number of nitrogens with two attached hydrogens (primary N) is 2. The molecule has 0 saturated carbocycles. The van der Waals surface area contributed by atoms with E-state index in [1.807, 2.05) is 0 Å². The van der Waals surface area contributed by atoms with Crippen molar-refractivity contribution in [3.8, 4) is 0 Å². The maximum absolute atomic E-state index is 12.3. The van der Waals surface area contributed by atoms with Crippen LogP contribution >= 0.6 is 15.9 Å². The van der Waals surface area contributed by atoms with Crippen molar-refractivity contribution in [1.82, 2.24) is 4.98 Å². The maximum atomic E-state index is 12.3. The monoisotopic (exact) mass is 251 g/mol. The Labute approximate surface area is 82.3 Å². The first kappa shape index (κ1) is 10.3. The molecule has 0 atom stereocenters. The number of pyridine rings is 1. The summed E-state index contributed by atoms with van der Waals surface area (Å²) in [4.78, 5) is 3.80. The fourth-order valence-electron chi connectivity index (χ4n) is 0.874. The van der Waals surface area contributed by atoms with E-state index in [0.29, 0.717) is 5.69 Å². The lowest BCUT2D eigenvalue weighted by Gasteiger charge is -2.07. The number of nitrogens with zero attached hydrogens (tertiary/aromatic N) is 1. The van der Waals surface area contributed by atoms with Gasteiger partial charge in [-0.25, -0.2) is 13.8 Å². The highest BCUT2D eigenvalue weighted by Crippen LogP contribution is 2.28. The summed E-state index contributed by atoms with van der Waals surface area (Å²) >= 11 is 2.92. The molecule has 0 spiro atoms. The molecular weight excluding hydrogens is 244 g/mol. The summed E-state index contributed by atoms with van der Waals surface area (Å²) in [7, 11) is 0. The number of hydrogen-bond donors (Lipinski definition) is 2. The van der Waals surface area contributed by atoms with Crippen LogP contribution in [0.15, 0.2) is 10.7 Å². The lowest BCUT2D eigenvalue weighted by molar-refractivity contribution is 0.150. The summed E-state index contributed by atoms with van der Waals surface area (Å²) in [6, 6.07) is 1.18. The SMILES string of the molecule is NCc1nc(Br)c(C(F)F)cc1N. The summed E-state index contributed by atoms with van der Waals surface area (Å²) < 4.78 is 24.7. The lowest BCUT2D eigenvalue weighted by Crippen LogP contribution is -2.06. The average Bonchev–Trinajstić information content (AvgIpc) is 2.07. The minimum Gasteiger partial charge on any atom is -0.397 e. The van der Waals surface area contributed by atoms with Crippen LogP contribution < -0.4 is 11.5 Å². The van der Waals surface area contributed by atoms with Gasteiger partial charge in [-0.1, -0.05) is 0 Å². The highest BCUT2D eigenvalue weighted by atomic mass is 79.9. The molecule has 72 valence electrons. The third kappa shape index (κ3) is 2.13. The van der Waals surface area contributed by atoms with Crippen LogP contribution in [0, 0.1) is 0 Å². The van der Waals surface area contributed by atoms with Gasteiger partial charge in [0, 0.05) is 6.54 Å². The second kappa shape index (κ2) is 3.97. The van der Waals surface area contributed by atoms with Crippen LogP contribution in [0.3, 0.4) is 0 Å². The van der Waals surface area contributed by atoms with Gasteiger partial charge in [-0.15, -0.1) is 0 Å². The molecule has 0 saturated heterocycles. The Bertz CT molecular complexity index is 317. The van der Waals surface area contributed by atoms with Crippen molar-refractivity contribution in [3.63, 3.8) is 0 Å². The van der Waals surface area contributed by atoms with Gasteiger partial charge in [0.2, 0.25) is 0 Å². The molecule has 1 rings (SSSR count). The second-order valence-corrected chi connectivity index (χ2v) is 3.16. The zero-order valence-electron chi connectivity index (χ0n) is 6.60. The van der Waals surface area contributed by atoms with E-state index in [2.05, 4.69) is 20.9 Å². The molecule has 6 heteroatoms. The molecule has 0 amide bonds. The molecule has 0 unspecified atom stereocenters. The van der Waals surface area contributed by atoms with Gasteiger partial charge in [-0.05, 0) is 22.0 Å². The predicted molar refractivity (Wildman–Crippen MR) is 49.2 cm³/mol. The summed E-state index contributed by atoms with van der Waals surface area (Å²) in [5.41, 5.74) is 11.1. The molecule has 3 nitrogen and oxygen atoms in total. The van der Waals surface area contributed by atoms with Crippen molar-refractivity contribution in [3.05, 3.63) is 21.9 Å². The Balaban J connectivity index is 3.20. The van der Waals surface area contributed by atoms with Gasteiger partial charge in [0.1, 0.15) is 4.60 Å². The van der Waals surface area contributed by atoms with Crippen LogP contribution in [-0.2, 0) is 6.54 Å². The van der Waals surface area contributed by atoms with Gasteiger partial charge >= 0.3 is 0 Å². The Kier molecular flexibility index (Phi) is 3.16. The van der Waals surface area contributed by atoms with Crippen LogP contribution in [0.4, 0.5) is 14.5 Å². The number of rotatable bonds is 2. The van der Waals surface area contributed by atoms with E-state index in [4.69, 9.17) is 11.5 Å². The van der Waals surface area contributed by atoms with E-state index < -0.39 is 6.43 Å². The molecule has 1 heterocycles. The highest BCUT2D eigenvalue weighted by molar-refractivity contribution is 9.10. The lowest BCUT2D eigenvalue weighted by atomic mass is 10.2. The van der Waals surface area contributed by atoms with Crippen LogP contribution in [0.5, 0.6) is 0 Å². The first-order valence-corrected chi connectivity index (χ1v) is 4.28. The molecule has 0 aliphatic heterocycles. The molecule has 13 heavy (non-hydrogen) atoms. The van der Waals surface area contributed by atoms with Crippen molar-refractivity contribution >= 4 is 21.6 Å². The molecule has 0 aliphatic carbocycles. The summed E-state index contributed by atoms with van der Waals surface area (Å²) in [5.74, 6) is 0. The number of alkyl halides is 2. The molecule has 4 N–H and O–H groups in total. The summed E-state index contributed by atoms with van der Waals surface area (Å²) in [6.45, 7) is 0.133. The van der Waals surface area contributed by atoms with E-state index in [9.17, 15) is 8.78 Å². The number of anilines is 1. The number of hydrogen-bond acceptors (Lipinski definition) is 3. The normalized spacial score (nSPS) is 10.8. The Hall–Kier alpha value is -0.750. The first-order valence-electron chi connectivity index (χ1n) is 3.49. The van der Waals surface area contributed by atoms with Gasteiger partial charge in [-0.3, -0.25) is 0 Å². The number of halogens is 3. The molecular formula is C7H8BrF2N3. The van der Waals surface area contributed by atoms with E-state index in [1.54, 1.807) is 0 Å². The Morgan fingerprint density at radius 3 is 2.62 bits per heavy atom. The topological polar surface area (TPSA) is 64.9 Å². The Morgan fingerprint density at radius 2 is 2.15 bits per heavy atom. The molecule has 0 aromatic carbocycles. The predicted octanol–water partition coefficient (Wildman–Crippen LogP) is 1.82. The van der Waals surface area contributed by atoms with Crippen molar-refractivity contribution in [2.75, 3.05) is 5.73 Å². The molecule has 0 aliphatic rings. The zero-order chi connectivity index (χ0) is 10.0. The molecule has 0 radical (unpaired) electrons. The van der Waals surface area contributed by atoms with Crippen molar-refractivity contribution in [2.45, 2.75) is 13.0 Å². The van der Waals surface area contributed by atoms with E-state index in [0.717, 1.165) is 0 Å². The van der Waals surface area contributed by atoms with Crippen LogP contribution in [0.1, 0.15) is 17.7 Å². The quantitative estimate of drug-likeness (QED) is 0.789. The van der Waals surface area contributed by atoms with Crippen LogP contribution in [-0.4, -0.2) is 4.98 Å². The molecule has 1 aromatic rings. The first-order chi connectivity index (χ1) is 6.06. The molecule has 0 fully saturated rings. The summed E-state index contributed by atoms with van der Waals surface area (Å²) in [5, 5.41) is 0. The minimum atomic E-state index is -2.59. The van der Waals surface area contributed by atoms with Crippen molar-refractivity contribution < 1.29 is 8.78 Å². The average molecular weight is 252 g/mol. The Morgan fingerprint density at radius 1 is 1.54 bits per heavy atom. The largest absolute Gasteiger partial charge is 0.397 e. The van der Waals surface area contributed by atoms with Gasteiger partial charge in [0.15, 0.2) is 0 Å².